The number of hydrogen-bond acceptors (Lipinski definition) is 3. The predicted molar refractivity (Wildman–Crippen MR) is 144 cm³/mol. The lowest BCUT2D eigenvalue weighted by Crippen LogP contribution is -2.32. The molecule has 1 saturated carbocycles. The average Bonchev–Trinajstić information content (AvgIpc) is 3.42. The zero-order valence-electron chi connectivity index (χ0n) is 21.5. The van der Waals surface area contributed by atoms with Crippen molar-refractivity contribution >= 4 is 5.91 Å². The Morgan fingerprint density at radius 2 is 1.84 bits per heavy atom. The van der Waals surface area contributed by atoms with E-state index in [1.165, 1.54) is 11.6 Å². The Labute approximate surface area is 219 Å². The molecule has 0 aromatic heterocycles. The van der Waals surface area contributed by atoms with Crippen LogP contribution in [0.1, 0.15) is 72.0 Å². The van der Waals surface area contributed by atoms with E-state index in [1.54, 1.807) is 11.0 Å². The maximum Gasteiger partial charge on any atom is 0.256 e. The number of ether oxygens (including phenoxy) is 1. The Hall–Kier alpha value is -2.92. The molecule has 0 N–H and O–H groups in total. The van der Waals surface area contributed by atoms with Crippen LogP contribution in [-0.4, -0.2) is 48.5 Å². The molecule has 2 aromatic rings. The molecule has 37 heavy (non-hydrogen) atoms. The van der Waals surface area contributed by atoms with Crippen molar-refractivity contribution < 1.29 is 13.9 Å². The van der Waals surface area contributed by atoms with E-state index >= 15 is 4.39 Å². The fraction of sp³-hybridized carbons (Fsp3) is 0.469. The molecule has 3 atom stereocenters. The zero-order valence-corrected chi connectivity index (χ0v) is 21.5. The third-order valence-corrected chi connectivity index (χ3v) is 8.49. The number of rotatable bonds is 8. The van der Waals surface area contributed by atoms with Gasteiger partial charge in [-0.15, -0.1) is 0 Å². The lowest BCUT2D eigenvalue weighted by Gasteiger charge is -2.34. The molecule has 4 aliphatic rings. The van der Waals surface area contributed by atoms with Crippen molar-refractivity contribution in [1.29, 1.82) is 0 Å². The van der Waals surface area contributed by atoms with Crippen LogP contribution in [0.4, 0.5) is 4.39 Å². The minimum Gasteiger partial charge on any atom is -0.493 e. The summed E-state index contributed by atoms with van der Waals surface area (Å²) >= 11 is 0. The zero-order chi connectivity index (χ0) is 25.2. The van der Waals surface area contributed by atoms with Gasteiger partial charge in [-0.25, -0.2) is 4.39 Å². The summed E-state index contributed by atoms with van der Waals surface area (Å²) in [5, 5.41) is 0. The van der Waals surface area contributed by atoms with E-state index in [2.05, 4.69) is 59.5 Å². The summed E-state index contributed by atoms with van der Waals surface area (Å²) in [6.45, 7) is 4.04. The number of amides is 1. The normalized spacial score (nSPS) is 24.5. The maximum absolute atomic E-state index is 15.1. The fourth-order valence-corrected chi connectivity index (χ4v) is 6.34. The van der Waals surface area contributed by atoms with Gasteiger partial charge in [-0.1, -0.05) is 54.6 Å². The van der Waals surface area contributed by atoms with E-state index < -0.39 is 5.82 Å². The van der Waals surface area contributed by atoms with Crippen molar-refractivity contribution in [2.45, 2.75) is 50.5 Å². The first-order chi connectivity index (χ1) is 18.2. The van der Waals surface area contributed by atoms with E-state index in [0.29, 0.717) is 36.2 Å². The van der Waals surface area contributed by atoms with Gasteiger partial charge in [0.1, 0.15) is 11.6 Å². The standard InChI is InChI=1S/C32H37FN2O2/c33-29-20-30(27(24-13-14-24)19-28(29)32(36)34-16-7-8-17-34)37-22-23-15-18-35(21-23)31(25-9-3-1-4-10-25)26-11-5-2-6-12-26/h1-6,9-11,19-20,23-24,26,31H,7-8,12-18,21-22H2. The molecule has 1 amide bonds. The lowest BCUT2D eigenvalue weighted by molar-refractivity contribution is 0.0788. The quantitative estimate of drug-likeness (QED) is 0.414. The summed E-state index contributed by atoms with van der Waals surface area (Å²) in [4.78, 5) is 17.3. The number of benzene rings is 2. The molecule has 2 aromatic carbocycles. The highest BCUT2D eigenvalue weighted by molar-refractivity contribution is 5.95. The molecule has 2 aliphatic heterocycles. The number of likely N-dealkylation sites (tertiary alicyclic amines) is 2. The second kappa shape index (κ2) is 10.8. The summed E-state index contributed by atoms with van der Waals surface area (Å²) in [6, 6.07) is 14.5. The minimum absolute atomic E-state index is 0.173. The van der Waals surface area contributed by atoms with Crippen LogP contribution in [0, 0.1) is 17.7 Å². The van der Waals surface area contributed by atoms with E-state index in [9.17, 15) is 4.79 Å². The number of carbonyl (C=O) groups excluding carboxylic acids is 1. The van der Waals surface area contributed by atoms with Crippen LogP contribution < -0.4 is 4.74 Å². The molecule has 2 aliphatic carbocycles. The summed E-state index contributed by atoms with van der Waals surface area (Å²) in [7, 11) is 0. The highest BCUT2D eigenvalue weighted by atomic mass is 19.1. The summed E-state index contributed by atoms with van der Waals surface area (Å²) in [6.07, 6.45) is 15.2. The monoisotopic (exact) mass is 500 g/mol. The third-order valence-electron chi connectivity index (χ3n) is 8.49. The van der Waals surface area contributed by atoms with Gasteiger partial charge in [-0.3, -0.25) is 9.69 Å². The molecule has 5 heteroatoms. The minimum atomic E-state index is -0.453. The highest BCUT2D eigenvalue weighted by Gasteiger charge is 2.35. The first kappa shape index (κ1) is 24.4. The van der Waals surface area contributed by atoms with Crippen molar-refractivity contribution in [2.24, 2.45) is 11.8 Å². The second-order valence-corrected chi connectivity index (χ2v) is 11.2. The number of hydrogen-bond donors (Lipinski definition) is 0. The summed E-state index contributed by atoms with van der Waals surface area (Å²) in [5.74, 6) is 1.25. The molecule has 2 saturated heterocycles. The van der Waals surface area contributed by atoms with Gasteiger partial charge in [-0.05, 0) is 68.2 Å². The van der Waals surface area contributed by atoms with Crippen molar-refractivity contribution in [3.05, 3.63) is 89.3 Å². The topological polar surface area (TPSA) is 32.8 Å². The number of halogens is 1. The number of nitrogens with zero attached hydrogens (tertiary/aromatic N) is 2. The molecule has 3 fully saturated rings. The van der Waals surface area contributed by atoms with Crippen LogP contribution in [0.2, 0.25) is 0 Å². The van der Waals surface area contributed by atoms with E-state index in [1.807, 2.05) is 0 Å². The number of carbonyl (C=O) groups is 1. The van der Waals surface area contributed by atoms with Gasteiger partial charge < -0.3 is 9.64 Å². The van der Waals surface area contributed by atoms with Gasteiger partial charge in [0.25, 0.3) is 5.91 Å². The molecule has 2 heterocycles. The van der Waals surface area contributed by atoms with Gasteiger partial charge in [-0.2, -0.15) is 0 Å². The molecule has 4 nitrogen and oxygen atoms in total. The lowest BCUT2D eigenvalue weighted by atomic mass is 9.87. The third kappa shape index (κ3) is 5.38. The molecule has 6 rings (SSSR count). The Kier molecular flexibility index (Phi) is 7.14. The average molecular weight is 501 g/mol. The van der Waals surface area contributed by atoms with E-state index in [4.69, 9.17) is 4.74 Å². The molecule has 194 valence electrons. The van der Waals surface area contributed by atoms with Crippen molar-refractivity contribution in [3.8, 4) is 5.75 Å². The van der Waals surface area contributed by atoms with E-state index in [0.717, 1.165) is 70.3 Å². The first-order valence-electron chi connectivity index (χ1n) is 14.0. The molecular formula is C32H37FN2O2. The Balaban J connectivity index is 1.15. The number of allylic oxidation sites excluding steroid dienone is 3. The van der Waals surface area contributed by atoms with E-state index in [-0.39, 0.29) is 11.5 Å². The molecule has 0 bridgehead atoms. The van der Waals surface area contributed by atoms with Crippen LogP contribution in [0.25, 0.3) is 0 Å². The Morgan fingerprint density at radius 3 is 2.57 bits per heavy atom. The van der Waals surface area contributed by atoms with Gasteiger partial charge >= 0.3 is 0 Å². The summed E-state index contributed by atoms with van der Waals surface area (Å²) in [5.41, 5.74) is 2.59. The van der Waals surface area contributed by atoms with Crippen molar-refractivity contribution in [2.75, 3.05) is 32.8 Å². The first-order valence-corrected chi connectivity index (χ1v) is 14.0. The van der Waals surface area contributed by atoms with Gasteiger partial charge in [0.05, 0.1) is 12.2 Å². The molecule has 0 radical (unpaired) electrons. The van der Waals surface area contributed by atoms with Crippen molar-refractivity contribution in [3.63, 3.8) is 0 Å². The smallest absolute Gasteiger partial charge is 0.256 e. The van der Waals surface area contributed by atoms with Crippen LogP contribution >= 0.6 is 0 Å². The Morgan fingerprint density at radius 1 is 1.03 bits per heavy atom. The molecule has 0 spiro atoms. The molecule has 3 unspecified atom stereocenters. The van der Waals surface area contributed by atoms with Crippen LogP contribution in [0.3, 0.4) is 0 Å². The largest absolute Gasteiger partial charge is 0.493 e. The second-order valence-electron chi connectivity index (χ2n) is 11.2. The van der Waals surface area contributed by atoms with Gasteiger partial charge in [0.2, 0.25) is 0 Å². The SMILES string of the molecule is O=C(c1cc(C2CC2)c(OCC2CCN(C(c3ccccc3)C3C=CC=CC3)C2)cc1F)N1CCCC1. The van der Waals surface area contributed by atoms with Gasteiger partial charge in [0.15, 0.2) is 0 Å². The highest BCUT2D eigenvalue weighted by Crippen LogP contribution is 2.45. The molecular weight excluding hydrogens is 463 g/mol. The maximum atomic E-state index is 15.1. The van der Waals surface area contributed by atoms with Crippen LogP contribution in [-0.2, 0) is 0 Å². The van der Waals surface area contributed by atoms with Crippen LogP contribution in [0.5, 0.6) is 5.75 Å². The Bertz CT molecular complexity index is 1170. The summed E-state index contributed by atoms with van der Waals surface area (Å²) < 4.78 is 21.5. The van der Waals surface area contributed by atoms with Crippen LogP contribution in [0.15, 0.2) is 66.8 Å². The predicted octanol–water partition coefficient (Wildman–Crippen LogP) is 6.51. The van der Waals surface area contributed by atoms with Gasteiger partial charge in [0, 0.05) is 43.6 Å². The van der Waals surface area contributed by atoms with Crippen molar-refractivity contribution in [1.82, 2.24) is 9.80 Å². The fourth-order valence-electron chi connectivity index (χ4n) is 6.34.